The molecule has 1 saturated carbocycles. The number of anilines is 1. The minimum absolute atomic E-state index is 0.0786. The van der Waals surface area contributed by atoms with Crippen molar-refractivity contribution in [2.45, 2.75) is 58.5 Å². The summed E-state index contributed by atoms with van der Waals surface area (Å²) in [7, 11) is 0. The van der Waals surface area contributed by atoms with Crippen LogP contribution < -0.4 is 16.0 Å². The van der Waals surface area contributed by atoms with Crippen LogP contribution in [0.5, 0.6) is 0 Å². The van der Waals surface area contributed by atoms with Crippen molar-refractivity contribution in [3.05, 3.63) is 65.2 Å². The minimum atomic E-state index is -0.380. The van der Waals surface area contributed by atoms with E-state index in [1.54, 1.807) is 0 Å². The molecule has 0 radical (unpaired) electrons. The Labute approximate surface area is 183 Å². The van der Waals surface area contributed by atoms with E-state index >= 15 is 0 Å². The molecular formula is C25H31N3O3. The van der Waals surface area contributed by atoms with Crippen LogP contribution in [0.25, 0.3) is 0 Å². The number of carbonyl (C=O) groups is 3. The summed E-state index contributed by atoms with van der Waals surface area (Å²) >= 11 is 0. The first kappa shape index (κ1) is 22.5. The molecule has 0 heterocycles. The fraction of sp³-hybridized carbons (Fsp3) is 0.400. The molecule has 3 N–H and O–H groups in total. The largest absolute Gasteiger partial charge is 0.352 e. The van der Waals surface area contributed by atoms with E-state index in [1.165, 1.54) is 6.92 Å². The summed E-state index contributed by atoms with van der Waals surface area (Å²) in [6.45, 7) is 3.80. The van der Waals surface area contributed by atoms with E-state index in [-0.39, 0.29) is 36.1 Å². The Bertz CT molecular complexity index is 918. The summed E-state index contributed by atoms with van der Waals surface area (Å²) in [6.07, 6.45) is 4.30. The van der Waals surface area contributed by atoms with Gasteiger partial charge in [0.25, 0.3) is 0 Å². The van der Waals surface area contributed by atoms with E-state index in [9.17, 15) is 14.4 Å². The molecule has 0 spiro atoms. The molecule has 3 amide bonds. The fourth-order valence-electron chi connectivity index (χ4n) is 3.95. The van der Waals surface area contributed by atoms with Crippen LogP contribution in [0.4, 0.5) is 5.69 Å². The molecule has 6 nitrogen and oxygen atoms in total. The molecule has 1 atom stereocenters. The summed E-state index contributed by atoms with van der Waals surface area (Å²) in [6, 6.07) is 14.9. The normalized spacial score (nSPS) is 14.6. The molecule has 3 rings (SSSR count). The fourth-order valence-corrected chi connectivity index (χ4v) is 3.95. The lowest BCUT2D eigenvalue weighted by atomic mass is 10.0. The van der Waals surface area contributed by atoms with E-state index < -0.39 is 0 Å². The maximum atomic E-state index is 12.6. The Morgan fingerprint density at radius 1 is 1.03 bits per heavy atom. The van der Waals surface area contributed by atoms with Gasteiger partial charge in [0.2, 0.25) is 17.7 Å². The lowest BCUT2D eigenvalue weighted by Gasteiger charge is -2.18. The van der Waals surface area contributed by atoms with Gasteiger partial charge in [-0.05, 0) is 43.0 Å². The van der Waals surface area contributed by atoms with Crippen molar-refractivity contribution in [1.82, 2.24) is 10.6 Å². The number of benzene rings is 2. The van der Waals surface area contributed by atoms with E-state index in [4.69, 9.17) is 0 Å². The Hall–Kier alpha value is -3.15. The Balaban J connectivity index is 1.55. The van der Waals surface area contributed by atoms with Gasteiger partial charge >= 0.3 is 0 Å². The molecule has 2 aromatic carbocycles. The van der Waals surface area contributed by atoms with Gasteiger partial charge in [0.1, 0.15) is 0 Å². The van der Waals surface area contributed by atoms with Crippen LogP contribution in [0, 0.1) is 12.8 Å². The van der Waals surface area contributed by atoms with Crippen molar-refractivity contribution >= 4 is 23.4 Å². The number of amides is 3. The number of hydrogen-bond donors (Lipinski definition) is 3. The van der Waals surface area contributed by atoms with Crippen LogP contribution in [-0.4, -0.2) is 17.7 Å². The molecule has 6 heteroatoms. The highest BCUT2D eigenvalue weighted by molar-refractivity contribution is 5.92. The van der Waals surface area contributed by atoms with E-state index in [0.29, 0.717) is 6.54 Å². The van der Waals surface area contributed by atoms with Crippen LogP contribution in [0.1, 0.15) is 61.8 Å². The lowest BCUT2D eigenvalue weighted by molar-refractivity contribution is -0.123. The Morgan fingerprint density at radius 3 is 2.42 bits per heavy atom. The number of hydrogen-bond acceptors (Lipinski definition) is 3. The van der Waals surface area contributed by atoms with Crippen LogP contribution in [0.3, 0.4) is 0 Å². The molecule has 0 aromatic heterocycles. The Morgan fingerprint density at radius 2 is 1.74 bits per heavy atom. The van der Waals surface area contributed by atoms with Gasteiger partial charge in [0.15, 0.2) is 0 Å². The molecule has 1 fully saturated rings. The SMILES string of the molecule is CC(=O)NC(CC(=O)NCc1cccc(NC(=O)C2CCCC2)c1)c1ccc(C)cc1. The van der Waals surface area contributed by atoms with Crippen LogP contribution in [0.15, 0.2) is 48.5 Å². The second kappa shape index (κ2) is 10.8. The lowest BCUT2D eigenvalue weighted by Crippen LogP contribution is -2.32. The molecule has 0 saturated heterocycles. The smallest absolute Gasteiger partial charge is 0.227 e. The highest BCUT2D eigenvalue weighted by Crippen LogP contribution is 2.26. The maximum Gasteiger partial charge on any atom is 0.227 e. The van der Waals surface area contributed by atoms with Gasteiger partial charge in [-0.3, -0.25) is 14.4 Å². The van der Waals surface area contributed by atoms with Crippen molar-refractivity contribution in [2.24, 2.45) is 5.92 Å². The zero-order valence-corrected chi connectivity index (χ0v) is 18.2. The molecule has 2 aromatic rings. The predicted molar refractivity (Wildman–Crippen MR) is 121 cm³/mol. The highest BCUT2D eigenvalue weighted by atomic mass is 16.2. The zero-order valence-electron chi connectivity index (χ0n) is 18.2. The van der Waals surface area contributed by atoms with Crippen LogP contribution in [-0.2, 0) is 20.9 Å². The van der Waals surface area contributed by atoms with Crippen LogP contribution >= 0.6 is 0 Å². The Kier molecular flexibility index (Phi) is 7.82. The molecule has 0 aliphatic heterocycles. The number of aryl methyl sites for hydroxylation is 1. The first-order chi connectivity index (χ1) is 14.9. The molecule has 0 bridgehead atoms. The van der Waals surface area contributed by atoms with Gasteiger partial charge in [-0.2, -0.15) is 0 Å². The van der Waals surface area contributed by atoms with Gasteiger partial charge < -0.3 is 16.0 Å². The summed E-state index contributed by atoms with van der Waals surface area (Å²) in [4.78, 5) is 36.5. The van der Waals surface area contributed by atoms with Gasteiger partial charge in [-0.1, -0.05) is 54.8 Å². The van der Waals surface area contributed by atoms with E-state index in [0.717, 1.165) is 48.1 Å². The summed E-state index contributed by atoms with van der Waals surface area (Å²) in [5, 5.41) is 8.76. The average Bonchev–Trinajstić information content (AvgIpc) is 3.27. The summed E-state index contributed by atoms with van der Waals surface area (Å²) in [5.41, 5.74) is 3.67. The summed E-state index contributed by atoms with van der Waals surface area (Å²) < 4.78 is 0. The van der Waals surface area contributed by atoms with Crippen LogP contribution in [0.2, 0.25) is 0 Å². The molecule has 1 unspecified atom stereocenters. The molecule has 31 heavy (non-hydrogen) atoms. The zero-order chi connectivity index (χ0) is 22.2. The topological polar surface area (TPSA) is 87.3 Å². The second-order valence-electron chi connectivity index (χ2n) is 8.32. The maximum absolute atomic E-state index is 12.6. The van der Waals surface area contributed by atoms with Gasteiger partial charge in [-0.15, -0.1) is 0 Å². The molecule has 1 aliphatic carbocycles. The van der Waals surface area contributed by atoms with Gasteiger partial charge in [-0.25, -0.2) is 0 Å². The quantitative estimate of drug-likeness (QED) is 0.602. The van der Waals surface area contributed by atoms with Crippen molar-refractivity contribution in [1.29, 1.82) is 0 Å². The standard InChI is InChI=1S/C25H31N3O3/c1-17-10-12-20(13-11-17)23(27-18(2)29)15-24(30)26-16-19-6-5-9-22(14-19)28-25(31)21-7-3-4-8-21/h5-6,9-14,21,23H,3-4,7-8,15-16H2,1-2H3,(H,26,30)(H,27,29)(H,28,31). The third kappa shape index (κ3) is 6.95. The van der Waals surface area contributed by atoms with Crippen molar-refractivity contribution in [2.75, 3.05) is 5.32 Å². The predicted octanol–water partition coefficient (Wildman–Crippen LogP) is 4.01. The number of nitrogens with one attached hydrogen (secondary N) is 3. The van der Waals surface area contributed by atoms with E-state index in [2.05, 4.69) is 16.0 Å². The van der Waals surface area contributed by atoms with Gasteiger partial charge in [0.05, 0.1) is 12.5 Å². The molecule has 1 aliphatic rings. The number of carbonyl (C=O) groups excluding carboxylic acids is 3. The second-order valence-corrected chi connectivity index (χ2v) is 8.32. The minimum Gasteiger partial charge on any atom is -0.352 e. The van der Waals surface area contributed by atoms with Crippen molar-refractivity contribution in [3.63, 3.8) is 0 Å². The third-order valence-corrected chi connectivity index (χ3v) is 5.66. The van der Waals surface area contributed by atoms with Gasteiger partial charge in [0, 0.05) is 25.1 Å². The van der Waals surface area contributed by atoms with Crippen molar-refractivity contribution < 1.29 is 14.4 Å². The molecule has 164 valence electrons. The average molecular weight is 422 g/mol. The first-order valence-corrected chi connectivity index (χ1v) is 10.9. The number of rotatable bonds is 8. The summed E-state index contributed by atoms with van der Waals surface area (Å²) in [5.74, 6) is -0.144. The first-order valence-electron chi connectivity index (χ1n) is 10.9. The molecular weight excluding hydrogens is 390 g/mol. The van der Waals surface area contributed by atoms with Crippen molar-refractivity contribution in [3.8, 4) is 0 Å². The highest BCUT2D eigenvalue weighted by Gasteiger charge is 2.22. The van der Waals surface area contributed by atoms with E-state index in [1.807, 2.05) is 55.5 Å². The monoisotopic (exact) mass is 421 g/mol. The third-order valence-electron chi connectivity index (χ3n) is 5.66.